The first-order valence-electron chi connectivity index (χ1n) is 11.2. The SMILES string of the molecule is CNc1cnc(-c2c(OC)ncnc2C2CC2)nc1OCc1ccc(-c2ncc(C(F)(F)F)[nH]2)cc1.[HH]. The highest BCUT2D eigenvalue weighted by atomic mass is 19.4. The zero-order chi connectivity index (χ0) is 25.3. The predicted molar refractivity (Wildman–Crippen MR) is 127 cm³/mol. The summed E-state index contributed by atoms with van der Waals surface area (Å²) < 4.78 is 49.9. The number of aromatic nitrogens is 6. The van der Waals surface area contributed by atoms with Gasteiger partial charge in [-0.15, -0.1) is 0 Å². The van der Waals surface area contributed by atoms with Crippen molar-refractivity contribution in [3.63, 3.8) is 0 Å². The Morgan fingerprint density at radius 2 is 1.83 bits per heavy atom. The standard InChI is InChI=1S/C24H22F3N7O2.H2/c1-28-16-9-29-21(18-19(14-7-8-14)31-12-32-23(18)35-2)34-22(16)36-11-13-3-5-15(6-4-13)20-30-10-17(33-20)24(25,26)27;/h3-6,9-10,12,14,28H,7-8,11H2,1-2H3,(H,30,33);1H. The van der Waals surface area contributed by atoms with E-state index in [1.807, 2.05) is 0 Å². The minimum Gasteiger partial charge on any atom is -0.480 e. The van der Waals surface area contributed by atoms with Gasteiger partial charge in [0.1, 0.15) is 35.7 Å². The summed E-state index contributed by atoms with van der Waals surface area (Å²) in [6.45, 7) is 0.176. The predicted octanol–water partition coefficient (Wildman–Crippen LogP) is 5.10. The fourth-order valence-corrected chi connectivity index (χ4v) is 3.70. The quantitative estimate of drug-likeness (QED) is 0.345. The zero-order valence-corrected chi connectivity index (χ0v) is 19.4. The van der Waals surface area contributed by atoms with Crippen LogP contribution >= 0.6 is 0 Å². The molecule has 1 aliphatic carbocycles. The molecule has 3 heterocycles. The summed E-state index contributed by atoms with van der Waals surface area (Å²) >= 11 is 0. The van der Waals surface area contributed by atoms with E-state index in [-0.39, 0.29) is 13.9 Å². The van der Waals surface area contributed by atoms with E-state index in [1.54, 1.807) is 37.5 Å². The van der Waals surface area contributed by atoms with Gasteiger partial charge < -0.3 is 19.8 Å². The molecule has 0 radical (unpaired) electrons. The highest BCUT2D eigenvalue weighted by molar-refractivity contribution is 5.68. The fraction of sp³-hybridized carbons (Fsp3) is 0.292. The summed E-state index contributed by atoms with van der Waals surface area (Å²) in [5, 5.41) is 3.02. The Morgan fingerprint density at radius 1 is 1.06 bits per heavy atom. The van der Waals surface area contributed by atoms with Gasteiger partial charge in [0.05, 0.1) is 25.2 Å². The lowest BCUT2D eigenvalue weighted by atomic mass is 10.1. The molecular formula is C24H24F3N7O2. The number of alkyl halides is 3. The maximum atomic E-state index is 12.8. The van der Waals surface area contributed by atoms with Gasteiger partial charge in [0.25, 0.3) is 0 Å². The molecule has 0 spiro atoms. The largest absolute Gasteiger partial charge is 0.480 e. The lowest BCUT2D eigenvalue weighted by Gasteiger charge is -2.14. The van der Waals surface area contributed by atoms with Crippen molar-refractivity contribution in [2.45, 2.75) is 31.5 Å². The van der Waals surface area contributed by atoms with Crippen LogP contribution in [-0.4, -0.2) is 44.1 Å². The molecule has 0 unspecified atom stereocenters. The number of rotatable bonds is 8. The average Bonchev–Trinajstić information content (AvgIpc) is 3.61. The number of nitrogens with one attached hydrogen (secondary N) is 2. The fourth-order valence-electron chi connectivity index (χ4n) is 3.70. The second-order valence-corrected chi connectivity index (χ2v) is 8.21. The molecule has 36 heavy (non-hydrogen) atoms. The third-order valence-electron chi connectivity index (χ3n) is 5.73. The number of nitrogens with zero attached hydrogens (tertiary/aromatic N) is 5. The van der Waals surface area contributed by atoms with Gasteiger partial charge >= 0.3 is 6.18 Å². The number of hydrogen-bond donors (Lipinski definition) is 2. The lowest BCUT2D eigenvalue weighted by molar-refractivity contribution is -0.140. The van der Waals surface area contributed by atoms with Gasteiger partial charge in [-0.3, -0.25) is 0 Å². The van der Waals surface area contributed by atoms with Crippen molar-refractivity contribution in [2.24, 2.45) is 0 Å². The first kappa shape index (κ1) is 23.5. The molecule has 0 bridgehead atoms. The second-order valence-electron chi connectivity index (χ2n) is 8.21. The lowest BCUT2D eigenvalue weighted by Crippen LogP contribution is -2.06. The van der Waals surface area contributed by atoms with Crippen LogP contribution in [0.4, 0.5) is 18.9 Å². The van der Waals surface area contributed by atoms with Crippen LogP contribution < -0.4 is 14.8 Å². The molecule has 0 saturated heterocycles. The Bertz CT molecular complexity index is 1380. The summed E-state index contributed by atoms with van der Waals surface area (Å²) in [7, 11) is 3.28. The topological polar surface area (TPSA) is 111 Å². The van der Waals surface area contributed by atoms with E-state index in [2.05, 4.69) is 35.2 Å². The Labute approximate surface area is 205 Å². The summed E-state index contributed by atoms with van der Waals surface area (Å²) in [4.78, 5) is 23.9. The molecular weight excluding hydrogens is 475 g/mol. The van der Waals surface area contributed by atoms with E-state index in [1.165, 1.54) is 13.4 Å². The number of halogens is 3. The third kappa shape index (κ3) is 4.79. The molecule has 0 atom stereocenters. The number of methoxy groups -OCH3 is 1. The first-order valence-corrected chi connectivity index (χ1v) is 11.2. The molecule has 1 aromatic carbocycles. The molecule has 1 fully saturated rings. The van der Waals surface area contributed by atoms with E-state index in [4.69, 9.17) is 9.47 Å². The van der Waals surface area contributed by atoms with Crippen molar-refractivity contribution in [3.05, 3.63) is 59.9 Å². The number of H-pyrrole nitrogens is 1. The molecule has 0 amide bonds. The number of anilines is 1. The molecule has 3 aromatic heterocycles. The van der Waals surface area contributed by atoms with Gasteiger partial charge in [-0.05, 0) is 18.4 Å². The van der Waals surface area contributed by atoms with E-state index >= 15 is 0 Å². The molecule has 1 saturated carbocycles. The molecule has 1 aliphatic rings. The monoisotopic (exact) mass is 499 g/mol. The maximum Gasteiger partial charge on any atom is 0.432 e. The summed E-state index contributed by atoms with van der Waals surface area (Å²) in [6, 6.07) is 6.86. The van der Waals surface area contributed by atoms with E-state index in [0.717, 1.165) is 30.3 Å². The molecule has 5 rings (SSSR count). The summed E-state index contributed by atoms with van der Waals surface area (Å²) in [5.74, 6) is 1.60. The van der Waals surface area contributed by atoms with Crippen LogP contribution in [0.1, 0.15) is 37.1 Å². The minimum atomic E-state index is -4.48. The van der Waals surface area contributed by atoms with Crippen molar-refractivity contribution in [1.82, 2.24) is 29.9 Å². The van der Waals surface area contributed by atoms with Crippen molar-refractivity contribution in [1.29, 1.82) is 0 Å². The number of aromatic amines is 1. The van der Waals surface area contributed by atoms with Gasteiger partial charge in [0.2, 0.25) is 11.8 Å². The van der Waals surface area contributed by atoms with Gasteiger partial charge in [-0.2, -0.15) is 18.2 Å². The summed E-state index contributed by atoms with van der Waals surface area (Å²) in [6.07, 6.45) is 1.48. The zero-order valence-electron chi connectivity index (χ0n) is 19.4. The van der Waals surface area contributed by atoms with E-state index in [0.29, 0.717) is 40.3 Å². The van der Waals surface area contributed by atoms with Crippen LogP contribution in [0.3, 0.4) is 0 Å². The van der Waals surface area contributed by atoms with Crippen molar-refractivity contribution in [3.8, 4) is 34.5 Å². The molecule has 188 valence electrons. The Kier molecular flexibility index (Phi) is 6.17. The van der Waals surface area contributed by atoms with Gasteiger partial charge in [0.15, 0.2) is 5.82 Å². The van der Waals surface area contributed by atoms with Gasteiger partial charge in [-0.1, -0.05) is 24.3 Å². The number of imidazole rings is 1. The maximum absolute atomic E-state index is 12.8. The smallest absolute Gasteiger partial charge is 0.432 e. The van der Waals surface area contributed by atoms with E-state index in [9.17, 15) is 13.2 Å². The number of hydrogen-bond acceptors (Lipinski definition) is 8. The highest BCUT2D eigenvalue weighted by Gasteiger charge is 2.33. The Hall–Kier alpha value is -4.22. The summed E-state index contributed by atoms with van der Waals surface area (Å²) in [5.41, 5.74) is 2.52. The number of ether oxygens (including phenoxy) is 2. The third-order valence-corrected chi connectivity index (χ3v) is 5.73. The minimum absolute atomic E-state index is 0. The van der Waals surface area contributed by atoms with Crippen LogP contribution in [0.5, 0.6) is 11.8 Å². The molecule has 2 N–H and O–H groups in total. The van der Waals surface area contributed by atoms with Gasteiger partial charge in [0, 0.05) is 20.0 Å². The number of benzene rings is 1. The van der Waals surface area contributed by atoms with Crippen molar-refractivity contribution >= 4 is 5.69 Å². The van der Waals surface area contributed by atoms with E-state index < -0.39 is 11.9 Å². The van der Waals surface area contributed by atoms with Crippen LogP contribution in [0.15, 0.2) is 43.0 Å². The van der Waals surface area contributed by atoms with Crippen molar-refractivity contribution in [2.75, 3.05) is 19.5 Å². The van der Waals surface area contributed by atoms with Crippen molar-refractivity contribution < 1.29 is 24.1 Å². The molecule has 9 nitrogen and oxygen atoms in total. The molecule has 0 aliphatic heterocycles. The van der Waals surface area contributed by atoms with Gasteiger partial charge in [-0.25, -0.2) is 19.9 Å². The Morgan fingerprint density at radius 3 is 2.47 bits per heavy atom. The van der Waals surface area contributed by atoms with Crippen LogP contribution in [-0.2, 0) is 12.8 Å². The average molecular weight is 499 g/mol. The highest BCUT2D eigenvalue weighted by Crippen LogP contribution is 2.45. The molecule has 4 aromatic rings. The second kappa shape index (κ2) is 9.44. The Balaban J connectivity index is 0.00000320. The van der Waals surface area contributed by atoms with Crippen LogP contribution in [0, 0.1) is 0 Å². The first-order chi connectivity index (χ1) is 17.4. The van der Waals surface area contributed by atoms with Crippen LogP contribution in [0.25, 0.3) is 22.8 Å². The molecule has 12 heteroatoms. The normalized spacial score (nSPS) is 13.5. The van der Waals surface area contributed by atoms with Crippen LogP contribution in [0.2, 0.25) is 0 Å².